The SMILES string of the molecule is NC1CCC(OC2CCN(c3ccc4c(c3)C(=O)N(C3CCC(=O)NC3=O)C4=O)CC2)CC1. The van der Waals surface area contributed by atoms with Crippen LogP contribution in [0.5, 0.6) is 0 Å². The van der Waals surface area contributed by atoms with Crippen molar-refractivity contribution in [1.29, 1.82) is 0 Å². The predicted molar refractivity (Wildman–Crippen MR) is 120 cm³/mol. The summed E-state index contributed by atoms with van der Waals surface area (Å²) in [6.45, 7) is 1.63. The van der Waals surface area contributed by atoms with Gasteiger partial charge in [-0.1, -0.05) is 0 Å². The summed E-state index contributed by atoms with van der Waals surface area (Å²) >= 11 is 0. The fourth-order valence-corrected chi connectivity index (χ4v) is 5.40. The van der Waals surface area contributed by atoms with Gasteiger partial charge in [0.05, 0.1) is 23.3 Å². The summed E-state index contributed by atoms with van der Waals surface area (Å²) < 4.78 is 6.32. The zero-order chi connectivity index (χ0) is 23.1. The molecule has 3 aliphatic heterocycles. The highest BCUT2D eigenvalue weighted by molar-refractivity contribution is 6.23. The van der Waals surface area contributed by atoms with Crippen molar-refractivity contribution in [3.63, 3.8) is 0 Å². The average molecular weight is 455 g/mol. The molecule has 0 radical (unpaired) electrons. The maximum atomic E-state index is 13.1. The molecule has 4 amide bonds. The van der Waals surface area contributed by atoms with Gasteiger partial charge in [0, 0.05) is 31.2 Å². The highest BCUT2D eigenvalue weighted by Crippen LogP contribution is 2.32. The van der Waals surface area contributed by atoms with Crippen LogP contribution in [0, 0.1) is 0 Å². The second kappa shape index (κ2) is 8.87. The summed E-state index contributed by atoms with van der Waals surface area (Å²) in [5, 5.41) is 2.22. The Morgan fingerprint density at radius 1 is 0.848 bits per heavy atom. The van der Waals surface area contributed by atoms with Crippen LogP contribution in [0.2, 0.25) is 0 Å². The van der Waals surface area contributed by atoms with E-state index in [0.29, 0.717) is 23.3 Å². The van der Waals surface area contributed by atoms with Crippen LogP contribution in [0.3, 0.4) is 0 Å². The number of benzene rings is 1. The molecule has 1 unspecified atom stereocenters. The molecule has 1 aromatic carbocycles. The molecule has 0 spiro atoms. The highest BCUT2D eigenvalue weighted by Gasteiger charge is 2.44. The molecule has 1 atom stereocenters. The van der Waals surface area contributed by atoms with Crippen LogP contribution in [-0.2, 0) is 14.3 Å². The number of fused-ring (bicyclic) bond motifs is 1. The van der Waals surface area contributed by atoms with Gasteiger partial charge in [0.15, 0.2) is 0 Å². The number of anilines is 1. The van der Waals surface area contributed by atoms with Crippen LogP contribution in [0.25, 0.3) is 0 Å². The van der Waals surface area contributed by atoms with E-state index >= 15 is 0 Å². The van der Waals surface area contributed by atoms with Gasteiger partial charge in [0.1, 0.15) is 6.04 Å². The van der Waals surface area contributed by atoms with Crippen LogP contribution in [0.1, 0.15) is 72.1 Å². The fourth-order valence-electron chi connectivity index (χ4n) is 5.40. The summed E-state index contributed by atoms with van der Waals surface area (Å²) in [6.07, 6.45) is 6.76. The predicted octanol–water partition coefficient (Wildman–Crippen LogP) is 1.34. The van der Waals surface area contributed by atoms with Crippen molar-refractivity contribution in [2.45, 2.75) is 75.7 Å². The molecule has 2 saturated heterocycles. The van der Waals surface area contributed by atoms with E-state index in [1.807, 2.05) is 6.07 Å². The number of nitrogens with one attached hydrogen (secondary N) is 1. The number of imide groups is 2. The molecular weight excluding hydrogens is 424 g/mol. The molecule has 1 saturated carbocycles. The lowest BCUT2D eigenvalue weighted by Crippen LogP contribution is -2.54. The Kier molecular flexibility index (Phi) is 5.92. The zero-order valence-corrected chi connectivity index (χ0v) is 18.6. The number of nitrogens with two attached hydrogens (primary N) is 1. The molecule has 5 rings (SSSR count). The Hall–Kier alpha value is -2.78. The minimum absolute atomic E-state index is 0.111. The Morgan fingerprint density at radius 3 is 2.21 bits per heavy atom. The van der Waals surface area contributed by atoms with E-state index in [2.05, 4.69) is 10.2 Å². The lowest BCUT2D eigenvalue weighted by molar-refractivity contribution is -0.136. The molecule has 3 fully saturated rings. The molecule has 0 aromatic heterocycles. The summed E-state index contributed by atoms with van der Waals surface area (Å²) in [7, 11) is 0. The van der Waals surface area contributed by atoms with Crippen LogP contribution in [-0.4, -0.2) is 65.9 Å². The number of carbonyl (C=O) groups is 4. The smallest absolute Gasteiger partial charge is 0.262 e. The Balaban J connectivity index is 1.23. The van der Waals surface area contributed by atoms with Crippen molar-refractivity contribution in [3.8, 4) is 0 Å². The first-order valence-electron chi connectivity index (χ1n) is 11.9. The van der Waals surface area contributed by atoms with E-state index in [1.165, 1.54) is 0 Å². The molecule has 3 N–H and O–H groups in total. The first-order valence-corrected chi connectivity index (χ1v) is 11.9. The minimum atomic E-state index is -0.944. The largest absolute Gasteiger partial charge is 0.375 e. The van der Waals surface area contributed by atoms with Gasteiger partial charge in [0.2, 0.25) is 11.8 Å². The third-order valence-corrected chi connectivity index (χ3v) is 7.33. The molecule has 9 nitrogen and oxygen atoms in total. The molecule has 1 aliphatic carbocycles. The number of piperidine rings is 2. The lowest BCUT2D eigenvalue weighted by Gasteiger charge is -2.36. The van der Waals surface area contributed by atoms with E-state index in [9.17, 15) is 19.2 Å². The minimum Gasteiger partial charge on any atom is -0.375 e. The van der Waals surface area contributed by atoms with Gasteiger partial charge >= 0.3 is 0 Å². The summed E-state index contributed by atoms with van der Waals surface area (Å²) in [5.74, 6) is -1.92. The van der Waals surface area contributed by atoms with Gasteiger partial charge in [-0.2, -0.15) is 0 Å². The van der Waals surface area contributed by atoms with E-state index in [4.69, 9.17) is 10.5 Å². The van der Waals surface area contributed by atoms with E-state index in [0.717, 1.165) is 62.2 Å². The van der Waals surface area contributed by atoms with E-state index in [-0.39, 0.29) is 24.9 Å². The zero-order valence-electron chi connectivity index (χ0n) is 18.6. The van der Waals surface area contributed by atoms with Crippen molar-refractivity contribution in [2.24, 2.45) is 5.73 Å². The van der Waals surface area contributed by atoms with Gasteiger partial charge in [-0.3, -0.25) is 29.4 Å². The summed E-state index contributed by atoms with van der Waals surface area (Å²) in [5.41, 5.74) is 7.51. The standard InChI is InChI=1S/C24H30N4O5/c25-14-1-4-16(5-2-14)33-17-9-11-27(12-10-17)15-3-6-18-19(13-15)24(32)28(23(18)31)20-7-8-21(29)26-22(20)30/h3,6,13-14,16-17,20H,1-2,4-5,7-12,25H2,(H,26,29,30). The topological polar surface area (TPSA) is 122 Å². The quantitative estimate of drug-likeness (QED) is 0.659. The van der Waals surface area contributed by atoms with E-state index in [1.54, 1.807) is 12.1 Å². The molecule has 1 aromatic rings. The van der Waals surface area contributed by atoms with Crippen molar-refractivity contribution < 1.29 is 23.9 Å². The number of nitrogens with zero attached hydrogens (tertiary/aromatic N) is 2. The molecule has 0 bridgehead atoms. The summed E-state index contributed by atoms with van der Waals surface area (Å²) in [4.78, 5) is 52.8. The van der Waals surface area contributed by atoms with Crippen molar-refractivity contribution >= 4 is 29.3 Å². The maximum absolute atomic E-state index is 13.1. The highest BCUT2D eigenvalue weighted by atomic mass is 16.5. The van der Waals surface area contributed by atoms with Gasteiger partial charge in [0.25, 0.3) is 11.8 Å². The van der Waals surface area contributed by atoms with Gasteiger partial charge in [-0.05, 0) is 63.1 Å². The van der Waals surface area contributed by atoms with Crippen LogP contribution >= 0.6 is 0 Å². The lowest BCUT2D eigenvalue weighted by atomic mass is 9.93. The molecule has 33 heavy (non-hydrogen) atoms. The Labute approximate surface area is 192 Å². The monoisotopic (exact) mass is 454 g/mol. The average Bonchev–Trinajstić information content (AvgIpc) is 3.06. The normalized spacial score (nSPS) is 28.8. The fraction of sp³-hybridized carbons (Fsp3) is 0.583. The molecule has 176 valence electrons. The number of rotatable bonds is 4. The second-order valence-electron chi connectivity index (χ2n) is 9.54. The van der Waals surface area contributed by atoms with Crippen molar-refractivity contribution in [3.05, 3.63) is 29.3 Å². The Morgan fingerprint density at radius 2 is 1.52 bits per heavy atom. The van der Waals surface area contributed by atoms with Crippen LogP contribution in [0.4, 0.5) is 5.69 Å². The van der Waals surface area contributed by atoms with Crippen molar-refractivity contribution in [1.82, 2.24) is 10.2 Å². The maximum Gasteiger partial charge on any atom is 0.262 e. The number of amides is 4. The Bertz CT molecular complexity index is 979. The first-order chi connectivity index (χ1) is 15.9. The third kappa shape index (κ3) is 4.27. The molecule has 3 heterocycles. The van der Waals surface area contributed by atoms with Crippen LogP contribution in [0.15, 0.2) is 18.2 Å². The molecular formula is C24H30N4O5. The number of carbonyl (C=O) groups excluding carboxylic acids is 4. The second-order valence-corrected chi connectivity index (χ2v) is 9.54. The first kappa shape index (κ1) is 22.0. The summed E-state index contributed by atoms with van der Waals surface area (Å²) in [6, 6.07) is 4.66. The van der Waals surface area contributed by atoms with Crippen LogP contribution < -0.4 is 16.0 Å². The number of ether oxygens (including phenoxy) is 1. The van der Waals surface area contributed by atoms with Gasteiger partial charge < -0.3 is 15.4 Å². The van der Waals surface area contributed by atoms with E-state index < -0.39 is 23.8 Å². The number of hydrogen-bond acceptors (Lipinski definition) is 7. The molecule has 4 aliphatic rings. The van der Waals surface area contributed by atoms with Crippen molar-refractivity contribution in [2.75, 3.05) is 18.0 Å². The van der Waals surface area contributed by atoms with Gasteiger partial charge in [-0.25, -0.2) is 0 Å². The third-order valence-electron chi connectivity index (χ3n) is 7.33. The molecule has 9 heteroatoms. The van der Waals surface area contributed by atoms with Gasteiger partial charge in [-0.15, -0.1) is 0 Å². The number of hydrogen-bond donors (Lipinski definition) is 2.